The molecular formula is C20H22N2O5. The Morgan fingerprint density at radius 2 is 1.67 bits per heavy atom. The van der Waals surface area contributed by atoms with Crippen molar-refractivity contribution in [3.8, 4) is 17.2 Å². The Bertz CT molecular complexity index is 835. The van der Waals surface area contributed by atoms with E-state index in [1.165, 1.54) is 4.90 Å². The summed E-state index contributed by atoms with van der Waals surface area (Å²) in [7, 11) is 4.71. The van der Waals surface area contributed by atoms with E-state index in [0.29, 0.717) is 29.5 Å². The summed E-state index contributed by atoms with van der Waals surface area (Å²) in [6.07, 6.45) is 0.123. The highest BCUT2D eigenvalue weighted by Crippen LogP contribution is 2.28. The Morgan fingerprint density at radius 3 is 2.30 bits per heavy atom. The molecule has 1 atom stereocenters. The highest BCUT2D eigenvalue weighted by Gasteiger charge is 2.39. The first kappa shape index (κ1) is 18.7. The number of ether oxygens (including phenoxy) is 3. The monoisotopic (exact) mass is 370 g/mol. The van der Waals surface area contributed by atoms with Crippen LogP contribution in [0.25, 0.3) is 0 Å². The molecule has 2 amide bonds. The lowest BCUT2D eigenvalue weighted by Crippen LogP contribution is -2.38. The summed E-state index contributed by atoms with van der Waals surface area (Å²) in [6.45, 7) is 0.431. The molecule has 0 spiro atoms. The molecule has 0 saturated carbocycles. The van der Waals surface area contributed by atoms with Gasteiger partial charge in [0, 0.05) is 6.54 Å². The molecule has 1 aliphatic rings. The van der Waals surface area contributed by atoms with Crippen molar-refractivity contribution in [2.45, 2.75) is 19.0 Å². The van der Waals surface area contributed by atoms with Crippen LogP contribution in [0.15, 0.2) is 42.5 Å². The Balaban J connectivity index is 1.68. The molecule has 2 aromatic rings. The van der Waals surface area contributed by atoms with Gasteiger partial charge in [-0.1, -0.05) is 6.07 Å². The van der Waals surface area contributed by atoms with Crippen LogP contribution < -0.4 is 24.4 Å². The number of rotatable bonds is 7. The van der Waals surface area contributed by atoms with E-state index in [-0.39, 0.29) is 18.2 Å². The van der Waals surface area contributed by atoms with E-state index in [1.54, 1.807) is 51.7 Å². The van der Waals surface area contributed by atoms with Gasteiger partial charge in [0.1, 0.15) is 5.75 Å². The zero-order chi connectivity index (χ0) is 19.4. The Labute approximate surface area is 157 Å². The van der Waals surface area contributed by atoms with Crippen LogP contribution in [0.4, 0.5) is 5.69 Å². The van der Waals surface area contributed by atoms with Gasteiger partial charge < -0.3 is 19.5 Å². The Morgan fingerprint density at radius 1 is 0.963 bits per heavy atom. The predicted octanol–water partition coefficient (Wildman–Crippen LogP) is 2.13. The average molecular weight is 370 g/mol. The minimum Gasteiger partial charge on any atom is -0.497 e. The van der Waals surface area contributed by atoms with E-state index < -0.39 is 6.04 Å². The summed E-state index contributed by atoms with van der Waals surface area (Å²) in [5.74, 6) is 1.44. The molecule has 1 N–H and O–H groups in total. The van der Waals surface area contributed by atoms with Crippen LogP contribution in [0.1, 0.15) is 12.0 Å². The number of nitrogens with one attached hydrogen (secondary N) is 1. The molecule has 2 aromatic carbocycles. The molecule has 27 heavy (non-hydrogen) atoms. The summed E-state index contributed by atoms with van der Waals surface area (Å²) in [5, 5.41) is 3.16. The maximum Gasteiger partial charge on any atom is 0.251 e. The fourth-order valence-corrected chi connectivity index (χ4v) is 3.03. The van der Waals surface area contributed by atoms with Gasteiger partial charge >= 0.3 is 0 Å². The number of amides is 2. The smallest absolute Gasteiger partial charge is 0.251 e. The minimum atomic E-state index is -0.562. The Hall–Kier alpha value is -3.06. The number of carbonyl (C=O) groups excluding carboxylic acids is 2. The van der Waals surface area contributed by atoms with Crippen LogP contribution in [0.2, 0.25) is 0 Å². The van der Waals surface area contributed by atoms with E-state index in [0.717, 1.165) is 5.56 Å². The number of anilines is 1. The van der Waals surface area contributed by atoms with Crippen molar-refractivity contribution in [3.05, 3.63) is 48.0 Å². The molecule has 1 heterocycles. The summed E-state index contributed by atoms with van der Waals surface area (Å²) < 4.78 is 15.6. The fourth-order valence-electron chi connectivity index (χ4n) is 3.03. The normalized spacial score (nSPS) is 16.6. The van der Waals surface area contributed by atoms with Gasteiger partial charge in [0.05, 0.1) is 39.5 Å². The average Bonchev–Trinajstić information content (AvgIpc) is 2.99. The molecule has 7 nitrogen and oxygen atoms in total. The van der Waals surface area contributed by atoms with Crippen molar-refractivity contribution in [3.63, 3.8) is 0 Å². The second-order valence-electron chi connectivity index (χ2n) is 6.09. The molecule has 0 radical (unpaired) electrons. The lowest BCUT2D eigenvalue weighted by atomic mass is 10.1. The fraction of sp³-hybridized carbons (Fsp3) is 0.300. The van der Waals surface area contributed by atoms with Crippen molar-refractivity contribution in [1.29, 1.82) is 0 Å². The minimum absolute atomic E-state index is 0.123. The second-order valence-corrected chi connectivity index (χ2v) is 6.09. The van der Waals surface area contributed by atoms with Crippen LogP contribution in [-0.4, -0.2) is 39.2 Å². The van der Waals surface area contributed by atoms with Gasteiger partial charge in [0.15, 0.2) is 11.5 Å². The largest absolute Gasteiger partial charge is 0.497 e. The third kappa shape index (κ3) is 3.88. The number of hydrogen-bond donors (Lipinski definition) is 1. The van der Waals surface area contributed by atoms with Crippen LogP contribution in [-0.2, 0) is 16.1 Å². The molecule has 7 heteroatoms. The van der Waals surface area contributed by atoms with Gasteiger partial charge in [-0.3, -0.25) is 9.59 Å². The first-order valence-electron chi connectivity index (χ1n) is 8.52. The van der Waals surface area contributed by atoms with E-state index in [4.69, 9.17) is 14.2 Å². The number of benzene rings is 2. The molecule has 0 bridgehead atoms. The summed E-state index contributed by atoms with van der Waals surface area (Å²) in [5.41, 5.74) is 1.47. The number of imide groups is 1. The maximum atomic E-state index is 12.7. The quantitative estimate of drug-likeness (QED) is 0.753. The van der Waals surface area contributed by atoms with Crippen molar-refractivity contribution >= 4 is 17.5 Å². The topological polar surface area (TPSA) is 77.1 Å². The molecule has 1 aliphatic heterocycles. The predicted molar refractivity (Wildman–Crippen MR) is 100 cm³/mol. The Kier molecular flexibility index (Phi) is 5.61. The van der Waals surface area contributed by atoms with Gasteiger partial charge in [-0.2, -0.15) is 0 Å². The molecular weight excluding hydrogens is 348 g/mol. The van der Waals surface area contributed by atoms with Crippen molar-refractivity contribution in [1.82, 2.24) is 5.32 Å². The molecule has 0 aliphatic carbocycles. The number of hydrogen-bond acceptors (Lipinski definition) is 6. The van der Waals surface area contributed by atoms with Gasteiger partial charge in [0.2, 0.25) is 5.91 Å². The van der Waals surface area contributed by atoms with E-state index in [1.807, 2.05) is 12.1 Å². The van der Waals surface area contributed by atoms with E-state index in [9.17, 15) is 9.59 Å². The highest BCUT2D eigenvalue weighted by atomic mass is 16.5. The van der Waals surface area contributed by atoms with Gasteiger partial charge in [0.25, 0.3) is 5.91 Å². The number of carbonyl (C=O) groups is 2. The molecule has 0 unspecified atom stereocenters. The van der Waals surface area contributed by atoms with Gasteiger partial charge in [-0.05, 0) is 42.0 Å². The summed E-state index contributed by atoms with van der Waals surface area (Å²) in [6, 6.07) is 11.8. The standard InChI is InChI=1S/C20H22N2O5/c1-25-15-7-5-14(6-8-15)22-19(23)11-16(20(22)24)21-12-13-4-9-17(26-2)18(10-13)27-3/h4-10,16,21H,11-12H2,1-3H3/t16-/m1/s1. The van der Waals surface area contributed by atoms with Gasteiger partial charge in [-0.15, -0.1) is 0 Å². The van der Waals surface area contributed by atoms with Crippen LogP contribution in [0, 0.1) is 0 Å². The maximum absolute atomic E-state index is 12.7. The van der Waals surface area contributed by atoms with Crippen molar-refractivity contribution in [2.24, 2.45) is 0 Å². The van der Waals surface area contributed by atoms with Crippen molar-refractivity contribution < 1.29 is 23.8 Å². The SMILES string of the molecule is COc1ccc(N2C(=O)C[C@@H](NCc3ccc(OC)c(OC)c3)C2=O)cc1. The highest BCUT2D eigenvalue weighted by molar-refractivity contribution is 6.22. The zero-order valence-corrected chi connectivity index (χ0v) is 15.5. The van der Waals surface area contributed by atoms with E-state index in [2.05, 4.69) is 5.32 Å². The third-order valence-corrected chi connectivity index (χ3v) is 4.48. The van der Waals surface area contributed by atoms with Crippen molar-refractivity contribution in [2.75, 3.05) is 26.2 Å². The molecule has 0 aromatic heterocycles. The van der Waals surface area contributed by atoms with Gasteiger partial charge in [-0.25, -0.2) is 4.90 Å². The summed E-state index contributed by atoms with van der Waals surface area (Å²) >= 11 is 0. The number of nitrogens with zero attached hydrogens (tertiary/aromatic N) is 1. The lowest BCUT2D eigenvalue weighted by Gasteiger charge is -2.16. The summed E-state index contributed by atoms with van der Waals surface area (Å²) in [4.78, 5) is 26.2. The molecule has 3 rings (SSSR count). The molecule has 1 fully saturated rings. The second kappa shape index (κ2) is 8.09. The lowest BCUT2D eigenvalue weighted by molar-refractivity contribution is -0.121. The van der Waals surface area contributed by atoms with Crippen LogP contribution in [0.5, 0.6) is 17.2 Å². The first-order chi connectivity index (χ1) is 13.1. The van der Waals surface area contributed by atoms with Crippen LogP contribution in [0.3, 0.4) is 0 Å². The molecule has 142 valence electrons. The van der Waals surface area contributed by atoms with E-state index >= 15 is 0 Å². The first-order valence-corrected chi connectivity index (χ1v) is 8.52. The molecule has 1 saturated heterocycles. The number of methoxy groups -OCH3 is 3. The third-order valence-electron chi connectivity index (χ3n) is 4.48. The zero-order valence-electron chi connectivity index (χ0n) is 15.5. The van der Waals surface area contributed by atoms with Crippen LogP contribution >= 0.6 is 0 Å².